The van der Waals surface area contributed by atoms with Crippen molar-refractivity contribution in [1.29, 1.82) is 0 Å². The van der Waals surface area contributed by atoms with Gasteiger partial charge >= 0.3 is 0 Å². The van der Waals surface area contributed by atoms with Gasteiger partial charge in [-0.15, -0.1) is 0 Å². The monoisotopic (exact) mass is 249 g/mol. The summed E-state index contributed by atoms with van der Waals surface area (Å²) in [7, 11) is 1.92. The van der Waals surface area contributed by atoms with Crippen LogP contribution in [-0.2, 0) is 13.5 Å². The van der Waals surface area contributed by atoms with Crippen LogP contribution in [0.1, 0.15) is 17.0 Å². The van der Waals surface area contributed by atoms with Crippen molar-refractivity contribution in [2.24, 2.45) is 12.8 Å². The van der Waals surface area contributed by atoms with E-state index in [0.717, 1.165) is 11.4 Å². The number of aromatic nitrogens is 2. The highest BCUT2D eigenvalue weighted by atomic mass is 35.5. The maximum Gasteiger partial charge on any atom is 0.0521 e. The summed E-state index contributed by atoms with van der Waals surface area (Å²) in [6.45, 7) is 0.606. The van der Waals surface area contributed by atoms with E-state index in [9.17, 15) is 0 Å². The molecule has 0 aliphatic heterocycles. The summed E-state index contributed by atoms with van der Waals surface area (Å²) in [5, 5.41) is 4.92. The first-order chi connectivity index (χ1) is 8.19. The molecule has 1 aromatic heterocycles. The first-order valence-electron chi connectivity index (χ1n) is 5.62. The van der Waals surface area contributed by atoms with Crippen molar-refractivity contribution < 1.29 is 0 Å². The zero-order valence-corrected chi connectivity index (χ0v) is 10.6. The molecule has 0 aliphatic rings. The largest absolute Gasteiger partial charge is 0.330 e. The van der Waals surface area contributed by atoms with Gasteiger partial charge in [-0.3, -0.25) is 4.68 Å². The van der Waals surface area contributed by atoms with Crippen LogP contribution in [0.5, 0.6) is 0 Å². The molecule has 4 heteroatoms. The molecular formula is C13H16ClN3. The van der Waals surface area contributed by atoms with Crippen molar-refractivity contribution in [3.05, 3.63) is 52.8 Å². The first kappa shape index (κ1) is 12.1. The Kier molecular flexibility index (Phi) is 3.82. The van der Waals surface area contributed by atoms with Crippen LogP contribution in [-0.4, -0.2) is 16.3 Å². The van der Waals surface area contributed by atoms with Crippen LogP contribution >= 0.6 is 11.6 Å². The van der Waals surface area contributed by atoms with Crippen molar-refractivity contribution in [3.63, 3.8) is 0 Å². The van der Waals surface area contributed by atoms with E-state index in [1.807, 2.05) is 37.6 Å². The van der Waals surface area contributed by atoms with E-state index in [1.165, 1.54) is 11.1 Å². The number of aryl methyl sites for hydroxylation is 1. The molecule has 0 saturated carbocycles. The first-order valence-corrected chi connectivity index (χ1v) is 6.00. The zero-order valence-electron chi connectivity index (χ0n) is 9.81. The van der Waals surface area contributed by atoms with Gasteiger partial charge < -0.3 is 5.73 Å². The summed E-state index contributed by atoms with van der Waals surface area (Å²) in [6.07, 6.45) is 4.80. The van der Waals surface area contributed by atoms with Crippen LogP contribution in [0, 0.1) is 0 Å². The predicted octanol–water partition coefficient (Wildman–Crippen LogP) is 2.36. The molecule has 17 heavy (non-hydrogen) atoms. The van der Waals surface area contributed by atoms with Gasteiger partial charge in [-0.25, -0.2) is 0 Å². The number of hydrogen-bond acceptors (Lipinski definition) is 2. The molecule has 0 radical (unpaired) electrons. The molecule has 0 amide bonds. The van der Waals surface area contributed by atoms with Crippen LogP contribution in [0.3, 0.4) is 0 Å². The maximum atomic E-state index is 6.00. The minimum absolute atomic E-state index is 0.290. The second-order valence-electron chi connectivity index (χ2n) is 4.21. The third-order valence-corrected chi connectivity index (χ3v) is 3.08. The Morgan fingerprint density at radius 2 is 2.29 bits per heavy atom. The minimum Gasteiger partial charge on any atom is -0.330 e. The van der Waals surface area contributed by atoms with Crippen molar-refractivity contribution in [1.82, 2.24) is 9.78 Å². The topological polar surface area (TPSA) is 43.8 Å². The van der Waals surface area contributed by atoms with Gasteiger partial charge in [0, 0.05) is 24.2 Å². The molecular weight excluding hydrogens is 234 g/mol. The summed E-state index contributed by atoms with van der Waals surface area (Å²) in [5.41, 5.74) is 8.22. The maximum absolute atomic E-state index is 6.00. The lowest BCUT2D eigenvalue weighted by Crippen LogP contribution is -2.14. The molecule has 90 valence electrons. The summed E-state index contributed by atoms with van der Waals surface area (Å²) >= 11 is 6.00. The normalized spacial score (nSPS) is 12.6. The lowest BCUT2D eigenvalue weighted by molar-refractivity contribution is 0.693. The molecule has 1 aromatic carbocycles. The Labute approximate surface area is 106 Å². The lowest BCUT2D eigenvalue weighted by Gasteiger charge is -2.14. The minimum atomic E-state index is 0.290. The third-order valence-electron chi connectivity index (χ3n) is 2.85. The van der Waals surface area contributed by atoms with Crippen molar-refractivity contribution in [2.75, 3.05) is 6.54 Å². The molecule has 1 unspecified atom stereocenters. The Hall–Kier alpha value is -1.32. The molecule has 0 aliphatic carbocycles. The molecule has 0 fully saturated rings. The highest BCUT2D eigenvalue weighted by Crippen LogP contribution is 2.22. The van der Waals surface area contributed by atoms with Crippen LogP contribution < -0.4 is 5.73 Å². The second kappa shape index (κ2) is 5.34. The molecule has 0 bridgehead atoms. The van der Waals surface area contributed by atoms with Gasteiger partial charge in [0.2, 0.25) is 0 Å². The standard InChI is InChI=1S/C13H16ClN3/c1-17-9-10(8-16-17)5-12(7-15)11-3-2-4-13(14)6-11/h2-4,6,8-9,12H,5,7,15H2,1H3. The van der Waals surface area contributed by atoms with Gasteiger partial charge in [0.05, 0.1) is 6.20 Å². The lowest BCUT2D eigenvalue weighted by atomic mass is 9.93. The smallest absolute Gasteiger partial charge is 0.0521 e. The van der Waals surface area contributed by atoms with Crippen LogP contribution in [0.25, 0.3) is 0 Å². The molecule has 1 atom stereocenters. The molecule has 2 N–H and O–H groups in total. The summed E-state index contributed by atoms with van der Waals surface area (Å²) in [6, 6.07) is 7.89. The fourth-order valence-electron chi connectivity index (χ4n) is 1.96. The Morgan fingerprint density at radius 3 is 2.88 bits per heavy atom. The summed E-state index contributed by atoms with van der Waals surface area (Å²) in [4.78, 5) is 0. The van der Waals surface area contributed by atoms with Gasteiger partial charge in [0.25, 0.3) is 0 Å². The Morgan fingerprint density at radius 1 is 1.47 bits per heavy atom. The second-order valence-corrected chi connectivity index (χ2v) is 4.65. The summed E-state index contributed by atoms with van der Waals surface area (Å²) in [5.74, 6) is 0.290. The zero-order chi connectivity index (χ0) is 12.3. The predicted molar refractivity (Wildman–Crippen MR) is 70.2 cm³/mol. The number of rotatable bonds is 4. The molecule has 2 aromatic rings. The van der Waals surface area contributed by atoms with Crippen LogP contribution in [0.15, 0.2) is 36.7 Å². The van der Waals surface area contributed by atoms with Crippen LogP contribution in [0.2, 0.25) is 5.02 Å². The quantitative estimate of drug-likeness (QED) is 0.904. The summed E-state index contributed by atoms with van der Waals surface area (Å²) < 4.78 is 1.81. The van der Waals surface area contributed by atoms with Crippen molar-refractivity contribution in [3.8, 4) is 0 Å². The number of benzene rings is 1. The van der Waals surface area contributed by atoms with E-state index in [1.54, 1.807) is 4.68 Å². The number of nitrogens with two attached hydrogens (primary N) is 1. The fraction of sp³-hybridized carbons (Fsp3) is 0.308. The van der Waals surface area contributed by atoms with Crippen molar-refractivity contribution >= 4 is 11.6 Å². The average Bonchev–Trinajstić information content (AvgIpc) is 2.72. The van der Waals surface area contributed by atoms with E-state index < -0.39 is 0 Å². The van der Waals surface area contributed by atoms with E-state index in [-0.39, 0.29) is 5.92 Å². The Balaban J connectivity index is 2.16. The highest BCUT2D eigenvalue weighted by molar-refractivity contribution is 6.30. The van der Waals surface area contributed by atoms with Gasteiger partial charge in [-0.2, -0.15) is 5.10 Å². The van der Waals surface area contributed by atoms with Gasteiger partial charge in [-0.05, 0) is 36.2 Å². The molecule has 2 rings (SSSR count). The number of hydrogen-bond donors (Lipinski definition) is 1. The van der Waals surface area contributed by atoms with Crippen LogP contribution in [0.4, 0.5) is 0 Å². The number of nitrogens with zero attached hydrogens (tertiary/aromatic N) is 2. The third kappa shape index (κ3) is 3.08. The molecule has 3 nitrogen and oxygen atoms in total. The van der Waals surface area contributed by atoms with Gasteiger partial charge in [-0.1, -0.05) is 23.7 Å². The van der Waals surface area contributed by atoms with Gasteiger partial charge in [0.15, 0.2) is 0 Å². The van der Waals surface area contributed by atoms with E-state index in [2.05, 4.69) is 11.2 Å². The molecule has 0 saturated heterocycles. The molecule has 1 heterocycles. The molecule has 0 spiro atoms. The van der Waals surface area contributed by atoms with E-state index in [4.69, 9.17) is 17.3 Å². The van der Waals surface area contributed by atoms with E-state index >= 15 is 0 Å². The number of halogens is 1. The highest BCUT2D eigenvalue weighted by Gasteiger charge is 2.11. The average molecular weight is 250 g/mol. The SMILES string of the molecule is Cn1cc(CC(CN)c2cccc(Cl)c2)cn1. The Bertz CT molecular complexity index is 493. The van der Waals surface area contributed by atoms with E-state index in [0.29, 0.717) is 6.54 Å². The van der Waals surface area contributed by atoms with Crippen molar-refractivity contribution in [2.45, 2.75) is 12.3 Å². The fourth-order valence-corrected chi connectivity index (χ4v) is 2.16. The van der Waals surface area contributed by atoms with Gasteiger partial charge in [0.1, 0.15) is 0 Å².